The van der Waals surface area contributed by atoms with E-state index in [1.165, 1.54) is 17.0 Å². The van der Waals surface area contributed by atoms with E-state index in [1.54, 1.807) is 36.4 Å². The minimum Gasteiger partial charge on any atom is -0.508 e. The zero-order chi connectivity index (χ0) is 23.4. The van der Waals surface area contributed by atoms with E-state index >= 15 is 0 Å². The average molecular weight is 437 g/mol. The second-order valence-electron chi connectivity index (χ2n) is 8.14. The summed E-state index contributed by atoms with van der Waals surface area (Å²) < 4.78 is 5.13. The molecule has 3 rings (SSSR count). The molecule has 2 N–H and O–H groups in total. The van der Waals surface area contributed by atoms with E-state index in [4.69, 9.17) is 4.74 Å². The third-order valence-corrected chi connectivity index (χ3v) is 5.13. The molecular weight excluding hydrogens is 410 g/mol. The molecule has 1 aliphatic heterocycles. The van der Waals surface area contributed by atoms with Gasteiger partial charge in [-0.25, -0.2) is 4.79 Å². The second kappa shape index (κ2) is 9.68. The minimum atomic E-state index is -0.854. The van der Waals surface area contributed by atoms with E-state index in [1.807, 2.05) is 20.8 Å². The van der Waals surface area contributed by atoms with Crippen molar-refractivity contribution in [2.24, 2.45) is 5.92 Å². The van der Waals surface area contributed by atoms with Crippen LogP contribution < -0.4 is 4.90 Å². The Morgan fingerprint density at radius 2 is 1.66 bits per heavy atom. The molecule has 1 atom stereocenters. The van der Waals surface area contributed by atoms with E-state index in [0.29, 0.717) is 29.8 Å². The number of nitrogens with zero attached hydrogens (tertiary/aromatic N) is 1. The summed E-state index contributed by atoms with van der Waals surface area (Å²) in [5.74, 6) is -1.97. The predicted octanol–water partition coefficient (Wildman–Crippen LogP) is 4.47. The zero-order valence-corrected chi connectivity index (χ0v) is 18.4. The van der Waals surface area contributed by atoms with Crippen molar-refractivity contribution in [2.45, 2.75) is 39.7 Å². The quantitative estimate of drug-likeness (QED) is 0.591. The molecule has 32 heavy (non-hydrogen) atoms. The molecule has 1 heterocycles. The highest BCUT2D eigenvalue weighted by atomic mass is 16.5. The van der Waals surface area contributed by atoms with Crippen LogP contribution in [0.3, 0.4) is 0 Å². The van der Waals surface area contributed by atoms with Gasteiger partial charge in [-0.1, -0.05) is 32.9 Å². The normalized spacial score (nSPS) is 16.1. The molecule has 2 aromatic rings. The molecule has 1 unspecified atom stereocenters. The van der Waals surface area contributed by atoms with Gasteiger partial charge < -0.3 is 14.9 Å². The molecule has 0 radical (unpaired) electrons. The van der Waals surface area contributed by atoms with Crippen molar-refractivity contribution in [1.29, 1.82) is 0 Å². The molecule has 7 nitrogen and oxygen atoms in total. The van der Waals surface area contributed by atoms with Crippen molar-refractivity contribution in [2.75, 3.05) is 11.5 Å². The average Bonchev–Trinajstić information content (AvgIpc) is 3.03. The lowest BCUT2D eigenvalue weighted by Gasteiger charge is -2.27. The Labute approximate surface area is 186 Å². The van der Waals surface area contributed by atoms with Crippen molar-refractivity contribution >= 4 is 23.3 Å². The topological polar surface area (TPSA) is 104 Å². The first kappa shape index (κ1) is 23.1. The first-order valence-corrected chi connectivity index (χ1v) is 10.6. The predicted molar refractivity (Wildman–Crippen MR) is 119 cm³/mol. The number of aliphatic hydroxyl groups excluding tert-OH is 1. The number of phenolic OH excluding ortho intramolecular Hbond substituents is 1. The lowest BCUT2D eigenvalue weighted by Crippen LogP contribution is -2.31. The van der Waals surface area contributed by atoms with Crippen LogP contribution >= 0.6 is 0 Å². The van der Waals surface area contributed by atoms with Gasteiger partial charge in [0.15, 0.2) is 11.5 Å². The Bertz CT molecular complexity index is 1040. The first-order valence-electron chi connectivity index (χ1n) is 10.6. The number of aromatic hydroxyl groups is 1. The highest BCUT2D eigenvalue weighted by Crippen LogP contribution is 2.42. The van der Waals surface area contributed by atoms with Crippen molar-refractivity contribution in [3.63, 3.8) is 0 Å². The summed E-state index contributed by atoms with van der Waals surface area (Å²) in [7, 11) is 0. The van der Waals surface area contributed by atoms with Gasteiger partial charge in [-0.3, -0.25) is 14.5 Å². The maximum atomic E-state index is 13.0. The fourth-order valence-corrected chi connectivity index (χ4v) is 3.65. The highest BCUT2D eigenvalue weighted by Gasteiger charge is 2.44. The molecule has 1 aliphatic rings. The molecule has 0 saturated heterocycles. The molecule has 0 saturated carbocycles. The van der Waals surface area contributed by atoms with Gasteiger partial charge in [0.25, 0.3) is 5.91 Å². The van der Waals surface area contributed by atoms with E-state index in [0.717, 1.165) is 0 Å². The van der Waals surface area contributed by atoms with Crippen LogP contribution in [-0.2, 0) is 14.3 Å². The van der Waals surface area contributed by atoms with Gasteiger partial charge in [-0.15, -0.1) is 0 Å². The molecule has 0 bridgehead atoms. The van der Waals surface area contributed by atoms with Crippen LogP contribution in [0.4, 0.5) is 5.69 Å². The van der Waals surface area contributed by atoms with Gasteiger partial charge >= 0.3 is 5.97 Å². The lowest BCUT2D eigenvalue weighted by molar-refractivity contribution is -0.118. The third-order valence-electron chi connectivity index (χ3n) is 5.13. The maximum absolute atomic E-state index is 13.0. The Balaban J connectivity index is 2.02. The number of esters is 1. The van der Waals surface area contributed by atoms with Crippen molar-refractivity contribution in [3.8, 4) is 5.75 Å². The second-order valence-corrected chi connectivity index (χ2v) is 8.14. The number of Topliss-reactive ketones (excluding diaryl/α,β-unsaturated/α-hetero) is 1. The third kappa shape index (κ3) is 4.66. The number of aliphatic hydroxyl groups is 1. The van der Waals surface area contributed by atoms with Crippen molar-refractivity contribution in [3.05, 3.63) is 71.0 Å². The molecule has 0 aliphatic carbocycles. The van der Waals surface area contributed by atoms with Crippen LogP contribution in [0.15, 0.2) is 59.9 Å². The SMILES string of the molecule is CCCOC(=O)c1ccc(N2C(=O)C(O)=C(C(=O)CC(C)C)C2c2ccc(O)cc2)cc1. The van der Waals surface area contributed by atoms with E-state index in [2.05, 4.69) is 0 Å². The number of rotatable bonds is 8. The summed E-state index contributed by atoms with van der Waals surface area (Å²) >= 11 is 0. The Hall–Kier alpha value is -3.61. The van der Waals surface area contributed by atoms with Gasteiger partial charge in [-0.2, -0.15) is 0 Å². The number of hydrogen-bond acceptors (Lipinski definition) is 6. The number of phenols is 1. The number of hydrogen-bond donors (Lipinski definition) is 2. The number of ketones is 1. The molecular formula is C25H27NO6. The van der Waals surface area contributed by atoms with Crippen LogP contribution in [0.2, 0.25) is 0 Å². The summed E-state index contributed by atoms with van der Waals surface area (Å²) in [6.07, 6.45) is 0.885. The molecule has 168 valence electrons. The standard InChI is InChI=1S/C25H27NO6/c1-4-13-32-25(31)17-5-9-18(10-6-17)26-22(16-7-11-19(27)12-8-16)21(23(29)24(26)30)20(28)14-15(2)3/h5-12,15,22,27,29H,4,13-14H2,1-3H3. The molecule has 0 fully saturated rings. The number of benzene rings is 2. The summed E-state index contributed by atoms with van der Waals surface area (Å²) in [6.45, 7) is 5.98. The number of ether oxygens (including phenoxy) is 1. The number of carbonyl (C=O) groups is 3. The molecule has 0 aromatic heterocycles. The lowest BCUT2D eigenvalue weighted by atomic mass is 9.92. The van der Waals surface area contributed by atoms with Gasteiger partial charge in [-0.05, 0) is 54.3 Å². The van der Waals surface area contributed by atoms with Gasteiger partial charge in [0, 0.05) is 12.1 Å². The fourth-order valence-electron chi connectivity index (χ4n) is 3.65. The Morgan fingerprint density at radius 3 is 2.22 bits per heavy atom. The van der Waals surface area contributed by atoms with Crippen molar-refractivity contribution < 1.29 is 29.3 Å². The van der Waals surface area contributed by atoms with Crippen LogP contribution in [0.5, 0.6) is 5.75 Å². The van der Waals surface area contributed by atoms with E-state index in [9.17, 15) is 24.6 Å². The molecule has 0 spiro atoms. The first-order chi connectivity index (χ1) is 15.2. The molecule has 1 amide bonds. The number of anilines is 1. The van der Waals surface area contributed by atoms with Crippen LogP contribution in [0.1, 0.15) is 55.6 Å². The fraction of sp³-hybridized carbons (Fsp3) is 0.320. The zero-order valence-electron chi connectivity index (χ0n) is 18.4. The highest BCUT2D eigenvalue weighted by molar-refractivity contribution is 6.16. The molecule has 7 heteroatoms. The Morgan fingerprint density at radius 1 is 1.03 bits per heavy atom. The largest absolute Gasteiger partial charge is 0.508 e. The summed E-state index contributed by atoms with van der Waals surface area (Å²) in [4.78, 5) is 39.4. The Kier molecular flexibility index (Phi) is 6.98. The summed E-state index contributed by atoms with van der Waals surface area (Å²) in [5.41, 5.74) is 1.35. The number of carbonyl (C=O) groups excluding carboxylic acids is 3. The summed E-state index contributed by atoms with van der Waals surface area (Å²) in [5, 5.41) is 20.3. The van der Waals surface area contributed by atoms with E-state index < -0.39 is 23.7 Å². The smallest absolute Gasteiger partial charge is 0.338 e. The monoisotopic (exact) mass is 437 g/mol. The summed E-state index contributed by atoms with van der Waals surface area (Å²) in [6, 6.07) is 11.5. The van der Waals surface area contributed by atoms with Crippen LogP contribution in [0, 0.1) is 5.92 Å². The molecule has 2 aromatic carbocycles. The van der Waals surface area contributed by atoms with Crippen LogP contribution in [0.25, 0.3) is 0 Å². The number of amides is 1. The van der Waals surface area contributed by atoms with Gasteiger partial charge in [0.1, 0.15) is 5.75 Å². The van der Waals surface area contributed by atoms with E-state index in [-0.39, 0.29) is 29.4 Å². The minimum absolute atomic E-state index is 0.0285. The van der Waals surface area contributed by atoms with Gasteiger partial charge in [0.2, 0.25) is 0 Å². The van der Waals surface area contributed by atoms with Gasteiger partial charge in [0.05, 0.1) is 23.8 Å². The van der Waals surface area contributed by atoms with Crippen LogP contribution in [-0.4, -0.2) is 34.5 Å². The maximum Gasteiger partial charge on any atom is 0.338 e. The van der Waals surface area contributed by atoms with Crippen molar-refractivity contribution in [1.82, 2.24) is 0 Å².